The highest BCUT2D eigenvalue weighted by molar-refractivity contribution is 5.88. The number of carbonyl (C=O) groups is 3. The summed E-state index contributed by atoms with van der Waals surface area (Å²) in [4.78, 5) is 37.4. The van der Waals surface area contributed by atoms with Crippen LogP contribution in [0.5, 0.6) is 0 Å². The number of hydrogen-bond acceptors (Lipinski definition) is 8. The molecule has 3 rings (SSSR count). The zero-order chi connectivity index (χ0) is 29.6. The van der Waals surface area contributed by atoms with Crippen molar-refractivity contribution in [3.63, 3.8) is 0 Å². The van der Waals surface area contributed by atoms with E-state index in [1.165, 1.54) is 5.69 Å². The predicted molar refractivity (Wildman–Crippen MR) is 142 cm³/mol. The summed E-state index contributed by atoms with van der Waals surface area (Å²) in [6.45, 7) is 16.1. The van der Waals surface area contributed by atoms with Gasteiger partial charge in [0.25, 0.3) is 0 Å². The van der Waals surface area contributed by atoms with Crippen molar-refractivity contribution >= 4 is 17.9 Å². The van der Waals surface area contributed by atoms with Gasteiger partial charge < -0.3 is 34.7 Å². The summed E-state index contributed by atoms with van der Waals surface area (Å²) >= 11 is 0. The van der Waals surface area contributed by atoms with Crippen LogP contribution in [0.25, 0.3) is 0 Å². The van der Waals surface area contributed by atoms with Crippen LogP contribution in [0.15, 0.2) is 29.1 Å². The van der Waals surface area contributed by atoms with E-state index in [0.29, 0.717) is 6.04 Å². The summed E-state index contributed by atoms with van der Waals surface area (Å²) in [5.41, 5.74) is -1.23. The van der Waals surface area contributed by atoms with Gasteiger partial charge in [0.05, 0.1) is 31.4 Å². The molecule has 0 aliphatic carbocycles. The highest BCUT2D eigenvalue weighted by Gasteiger charge is 2.41. The molecule has 1 fully saturated rings. The second-order valence-electron chi connectivity index (χ2n) is 11.5. The Kier molecular flexibility index (Phi) is 10.5. The minimum Gasteiger partial charge on any atom is -0.481 e. The summed E-state index contributed by atoms with van der Waals surface area (Å²) in [7, 11) is 0. The van der Waals surface area contributed by atoms with Gasteiger partial charge in [-0.05, 0) is 66.5 Å². The van der Waals surface area contributed by atoms with Gasteiger partial charge in [-0.25, -0.2) is 9.78 Å². The molecule has 0 unspecified atom stereocenters. The predicted octanol–water partition coefficient (Wildman–Crippen LogP) is 2.87. The number of nitrogens with zero attached hydrogens (tertiary/aromatic N) is 3. The molecule has 0 aromatic carbocycles. The number of rotatable bonds is 11. The normalized spacial score (nSPS) is 16.9. The van der Waals surface area contributed by atoms with Crippen LogP contribution in [0.4, 0.5) is 0 Å². The van der Waals surface area contributed by atoms with E-state index in [1.807, 2.05) is 19.4 Å². The van der Waals surface area contributed by atoms with Crippen LogP contribution in [0, 0.1) is 6.92 Å². The third-order valence-electron chi connectivity index (χ3n) is 6.63. The lowest BCUT2D eigenvalue weighted by Crippen LogP contribution is -2.62. The Morgan fingerprint density at radius 2 is 1.64 bits per heavy atom. The monoisotopic (exact) mass is 550 g/mol. The molecule has 12 heteroatoms. The lowest BCUT2D eigenvalue weighted by atomic mass is 9.79. The van der Waals surface area contributed by atoms with E-state index in [4.69, 9.17) is 24.8 Å². The molecule has 0 atom stereocenters. The quantitative estimate of drug-likeness (QED) is 0.278. The third-order valence-corrected chi connectivity index (χ3v) is 6.63. The number of aliphatic hydroxyl groups is 1. The molecule has 0 radical (unpaired) electrons. The van der Waals surface area contributed by atoms with Crippen LogP contribution < -0.4 is 5.32 Å². The molecule has 2 aromatic heterocycles. The van der Waals surface area contributed by atoms with Crippen LogP contribution in [0.3, 0.4) is 0 Å². The lowest BCUT2D eigenvalue weighted by Gasteiger charge is -2.49. The maximum Gasteiger partial charge on any atom is 0.336 e. The molecular weight excluding hydrogens is 508 g/mol. The van der Waals surface area contributed by atoms with Gasteiger partial charge in [0.1, 0.15) is 11.5 Å². The van der Waals surface area contributed by atoms with Crippen LogP contribution in [0.1, 0.15) is 77.5 Å². The van der Waals surface area contributed by atoms with E-state index >= 15 is 0 Å². The maximum atomic E-state index is 10.3. The first-order valence-corrected chi connectivity index (χ1v) is 12.9. The number of imidazole rings is 1. The summed E-state index contributed by atoms with van der Waals surface area (Å²) in [5, 5.41) is 37.6. The topological polar surface area (TPSA) is 178 Å². The van der Waals surface area contributed by atoms with Gasteiger partial charge in [-0.1, -0.05) is 0 Å². The molecule has 2 aromatic rings. The smallest absolute Gasteiger partial charge is 0.336 e. The van der Waals surface area contributed by atoms with E-state index in [2.05, 4.69) is 66.5 Å². The van der Waals surface area contributed by atoms with Crippen molar-refractivity contribution in [1.29, 1.82) is 0 Å². The van der Waals surface area contributed by atoms with Crippen LogP contribution in [0.2, 0.25) is 0 Å². The first kappa shape index (κ1) is 32.0. The number of aliphatic carboxylic acids is 3. The number of hydrogen-bond donors (Lipinski definition) is 5. The molecule has 0 bridgehead atoms. The molecule has 0 spiro atoms. The first-order valence-electron chi connectivity index (χ1n) is 12.9. The van der Waals surface area contributed by atoms with Gasteiger partial charge in [-0.2, -0.15) is 0 Å². The van der Waals surface area contributed by atoms with Gasteiger partial charge in [0.2, 0.25) is 0 Å². The Morgan fingerprint density at radius 1 is 1.08 bits per heavy atom. The number of piperidine rings is 1. The Bertz CT molecular complexity index is 1100. The van der Waals surface area contributed by atoms with Gasteiger partial charge in [0, 0.05) is 36.4 Å². The molecule has 1 saturated heterocycles. The number of furan rings is 1. The van der Waals surface area contributed by atoms with Crippen molar-refractivity contribution in [2.45, 2.75) is 110 Å². The lowest BCUT2D eigenvalue weighted by molar-refractivity contribution is -0.170. The number of nitrogens with one attached hydrogen (secondary N) is 1. The van der Waals surface area contributed by atoms with Crippen molar-refractivity contribution in [2.75, 3.05) is 0 Å². The largest absolute Gasteiger partial charge is 0.481 e. The summed E-state index contributed by atoms with van der Waals surface area (Å²) in [6, 6.07) is 4.66. The zero-order valence-electron chi connectivity index (χ0n) is 23.6. The highest BCUT2D eigenvalue weighted by atomic mass is 16.4. The van der Waals surface area contributed by atoms with E-state index in [1.54, 1.807) is 0 Å². The molecule has 3 heterocycles. The van der Waals surface area contributed by atoms with Gasteiger partial charge in [0.15, 0.2) is 5.60 Å². The Labute approximate surface area is 228 Å². The number of carboxylic acids is 3. The van der Waals surface area contributed by atoms with E-state index < -0.39 is 36.4 Å². The summed E-state index contributed by atoms with van der Waals surface area (Å²) in [6.07, 6.45) is 3.89. The highest BCUT2D eigenvalue weighted by Crippen LogP contribution is 2.33. The van der Waals surface area contributed by atoms with Crippen molar-refractivity contribution in [3.8, 4) is 0 Å². The average molecular weight is 551 g/mol. The Balaban J connectivity index is 0.000000349. The van der Waals surface area contributed by atoms with Crippen LogP contribution >= 0.6 is 0 Å². The van der Waals surface area contributed by atoms with E-state index in [-0.39, 0.29) is 11.1 Å². The Hall–Kier alpha value is -3.22. The minimum atomic E-state index is -2.74. The van der Waals surface area contributed by atoms with Crippen LogP contribution in [-0.2, 0) is 34.0 Å². The Morgan fingerprint density at radius 3 is 2.08 bits per heavy atom. The first-order chi connectivity index (χ1) is 17.9. The van der Waals surface area contributed by atoms with Crippen molar-refractivity contribution in [1.82, 2.24) is 19.8 Å². The van der Waals surface area contributed by atoms with Crippen molar-refractivity contribution in [3.05, 3.63) is 41.9 Å². The van der Waals surface area contributed by atoms with Gasteiger partial charge in [-0.3, -0.25) is 14.5 Å². The minimum absolute atomic E-state index is 0.120. The van der Waals surface area contributed by atoms with Gasteiger partial charge >= 0.3 is 17.9 Å². The fourth-order valence-electron chi connectivity index (χ4n) is 5.30. The van der Waals surface area contributed by atoms with Gasteiger partial charge in [-0.15, -0.1) is 0 Å². The summed E-state index contributed by atoms with van der Waals surface area (Å²) < 4.78 is 8.14. The summed E-state index contributed by atoms with van der Waals surface area (Å²) in [5.74, 6) is -3.00. The fourth-order valence-corrected chi connectivity index (χ4v) is 5.30. The SMILES string of the molecule is CCn1cncc1CN(Cc1ccc(C)o1)C1CC(C)(C)NC(C)(C)C1.O=C(O)CC(O)(CC(=O)O)C(=O)O. The van der Waals surface area contributed by atoms with Crippen molar-refractivity contribution in [2.24, 2.45) is 0 Å². The molecule has 1 aliphatic rings. The fraction of sp³-hybridized carbons (Fsp3) is 0.630. The number of aromatic nitrogens is 2. The molecule has 0 saturated carbocycles. The molecule has 1 aliphatic heterocycles. The standard InChI is InChI=1S/C21H34N4O.C6H8O7/c1-7-24-15-22-12-18(24)13-25(14-19-9-8-16(2)26-19)17-10-20(3,4)23-21(5,6)11-17;7-3(8)1-6(13,5(11)12)2-4(9)10/h8-9,12,15,17,23H,7,10-11,13-14H2,1-6H3;13H,1-2H2,(H,7,8)(H,9,10)(H,11,12). The molecule has 39 heavy (non-hydrogen) atoms. The number of carboxylic acid groups (broad SMARTS) is 3. The molecule has 0 amide bonds. The number of aryl methyl sites for hydroxylation is 2. The molecule has 12 nitrogen and oxygen atoms in total. The maximum absolute atomic E-state index is 10.3. The molecule has 5 N–H and O–H groups in total. The third kappa shape index (κ3) is 9.79. The molecule has 218 valence electrons. The molecular formula is C27H42N4O8. The van der Waals surface area contributed by atoms with E-state index in [9.17, 15) is 14.4 Å². The van der Waals surface area contributed by atoms with Crippen molar-refractivity contribution < 1.29 is 39.2 Å². The average Bonchev–Trinajstić information content (AvgIpc) is 3.38. The van der Waals surface area contributed by atoms with E-state index in [0.717, 1.165) is 44.0 Å². The second kappa shape index (κ2) is 12.8. The zero-order valence-corrected chi connectivity index (χ0v) is 23.6. The van der Waals surface area contributed by atoms with Crippen LogP contribution in [-0.4, -0.2) is 75.5 Å². The second-order valence-corrected chi connectivity index (χ2v) is 11.5.